The van der Waals surface area contributed by atoms with Gasteiger partial charge in [-0.1, -0.05) is 18.5 Å². The molecule has 2 rings (SSSR count). The fourth-order valence-electron chi connectivity index (χ4n) is 3.19. The van der Waals surface area contributed by atoms with Crippen molar-refractivity contribution in [1.29, 1.82) is 0 Å². The van der Waals surface area contributed by atoms with Gasteiger partial charge in [0.05, 0.1) is 15.9 Å². The number of alkyl halides is 1. The molecule has 0 aliphatic carbocycles. The highest BCUT2D eigenvalue weighted by molar-refractivity contribution is 7.91. The number of rotatable bonds is 11. The number of sulfonamides is 1. The van der Waals surface area contributed by atoms with Crippen LogP contribution in [0.5, 0.6) is 0 Å². The van der Waals surface area contributed by atoms with E-state index in [1.807, 2.05) is 0 Å². The van der Waals surface area contributed by atoms with Crippen LogP contribution < -0.4 is 4.72 Å². The van der Waals surface area contributed by atoms with Gasteiger partial charge in [0.15, 0.2) is 9.84 Å². The lowest BCUT2D eigenvalue weighted by Crippen LogP contribution is -2.30. The van der Waals surface area contributed by atoms with Crippen molar-refractivity contribution in [2.45, 2.75) is 29.9 Å². The molecule has 0 saturated carbocycles. The van der Waals surface area contributed by atoms with Crippen LogP contribution in [0.15, 0.2) is 47.4 Å². The summed E-state index contributed by atoms with van der Waals surface area (Å²) in [5.41, 5.74) is -0.313. The van der Waals surface area contributed by atoms with Gasteiger partial charge in [0.25, 0.3) is 0 Å². The van der Waals surface area contributed by atoms with Crippen molar-refractivity contribution in [3.63, 3.8) is 0 Å². The molecule has 0 saturated heterocycles. The molecule has 0 fully saturated rings. The molecule has 0 radical (unpaired) electrons. The van der Waals surface area contributed by atoms with Crippen molar-refractivity contribution >= 4 is 43.1 Å². The van der Waals surface area contributed by atoms with E-state index in [1.165, 1.54) is 24.3 Å². The first-order chi connectivity index (χ1) is 14.5. The number of hydrogen-bond donors (Lipinski definition) is 1. The Labute approximate surface area is 191 Å². The predicted octanol–water partition coefficient (Wildman–Crippen LogP) is 4.71. The van der Waals surface area contributed by atoms with E-state index in [4.69, 9.17) is 23.2 Å². The fourth-order valence-corrected chi connectivity index (χ4v) is 6.78. The van der Waals surface area contributed by atoms with Gasteiger partial charge >= 0.3 is 0 Å². The van der Waals surface area contributed by atoms with E-state index in [0.717, 1.165) is 18.2 Å². The second-order valence-electron chi connectivity index (χ2n) is 7.11. The third-order valence-electron chi connectivity index (χ3n) is 4.73. The zero-order valence-corrected chi connectivity index (χ0v) is 19.8. The van der Waals surface area contributed by atoms with Crippen LogP contribution in [0.25, 0.3) is 0 Å². The molecule has 172 valence electrons. The van der Waals surface area contributed by atoms with E-state index in [0.29, 0.717) is 5.02 Å². The first-order valence-electron chi connectivity index (χ1n) is 9.45. The second-order valence-corrected chi connectivity index (χ2v) is 11.9. The Kier molecular flexibility index (Phi) is 9.27. The molecule has 0 bridgehead atoms. The number of hydrogen-bond acceptors (Lipinski definition) is 4. The quantitative estimate of drug-likeness (QED) is 0.441. The molecule has 1 N–H and O–H groups in total. The van der Waals surface area contributed by atoms with Crippen LogP contribution in [0.1, 0.15) is 30.6 Å². The van der Waals surface area contributed by atoms with Crippen LogP contribution in [-0.2, 0) is 19.9 Å². The van der Waals surface area contributed by atoms with Gasteiger partial charge in [0.1, 0.15) is 11.6 Å². The number of nitrogens with one attached hydrogen (secondary N) is 1. The van der Waals surface area contributed by atoms with Gasteiger partial charge in [-0.05, 0) is 61.2 Å². The van der Waals surface area contributed by atoms with Crippen LogP contribution in [0.2, 0.25) is 5.02 Å². The Balaban J connectivity index is 2.36. The van der Waals surface area contributed by atoms with E-state index in [1.54, 1.807) is 6.92 Å². The summed E-state index contributed by atoms with van der Waals surface area (Å²) < 4.78 is 81.4. The Morgan fingerprint density at radius 2 is 1.68 bits per heavy atom. The van der Waals surface area contributed by atoms with Crippen LogP contribution in [-0.4, -0.2) is 35.0 Å². The first-order valence-corrected chi connectivity index (χ1v) is 13.6. The van der Waals surface area contributed by atoms with Gasteiger partial charge in [0.2, 0.25) is 10.0 Å². The maximum Gasteiger partial charge on any atom is 0.211 e. The SMILES string of the molecule is CC(CCNS(=O)(=O)CCCCl)C(c1cc(F)ccc1F)S(=O)(=O)c1ccc(Cl)cc1. The van der Waals surface area contributed by atoms with Crippen molar-refractivity contribution in [3.05, 3.63) is 64.7 Å². The summed E-state index contributed by atoms with van der Waals surface area (Å²) in [6, 6.07) is 8.00. The summed E-state index contributed by atoms with van der Waals surface area (Å²) in [5, 5.41) is -1.11. The molecule has 0 aliphatic rings. The Hall–Kier alpha value is -1.26. The minimum Gasteiger partial charge on any atom is -0.223 e. The molecule has 0 spiro atoms. The average molecular weight is 514 g/mol. The monoisotopic (exact) mass is 513 g/mol. The highest BCUT2D eigenvalue weighted by Gasteiger charge is 2.36. The summed E-state index contributed by atoms with van der Waals surface area (Å²) in [5.74, 6) is -2.35. The van der Waals surface area contributed by atoms with Crippen LogP contribution in [0.4, 0.5) is 8.78 Å². The highest BCUT2D eigenvalue weighted by atomic mass is 35.5. The van der Waals surface area contributed by atoms with Crippen molar-refractivity contribution < 1.29 is 25.6 Å². The minimum atomic E-state index is -4.15. The van der Waals surface area contributed by atoms with Gasteiger partial charge in [-0.2, -0.15) is 0 Å². The van der Waals surface area contributed by atoms with Gasteiger partial charge in [0, 0.05) is 23.0 Å². The molecule has 0 heterocycles. The van der Waals surface area contributed by atoms with Crippen LogP contribution in [0, 0.1) is 17.6 Å². The van der Waals surface area contributed by atoms with E-state index < -0.39 is 42.7 Å². The third-order valence-corrected chi connectivity index (χ3v) is 9.03. The zero-order valence-electron chi connectivity index (χ0n) is 16.7. The molecule has 0 aliphatic heterocycles. The normalized spacial score (nSPS) is 14.4. The molecule has 0 aromatic heterocycles. The zero-order chi connectivity index (χ0) is 23.2. The Bertz CT molecular complexity index is 1090. The van der Waals surface area contributed by atoms with E-state index in [9.17, 15) is 25.6 Å². The van der Waals surface area contributed by atoms with Crippen molar-refractivity contribution in [2.24, 2.45) is 5.92 Å². The van der Waals surface area contributed by atoms with Gasteiger partial charge in [-0.15, -0.1) is 11.6 Å². The van der Waals surface area contributed by atoms with Crippen molar-refractivity contribution in [2.75, 3.05) is 18.2 Å². The number of halogens is 4. The number of benzene rings is 2. The molecular formula is C20H23Cl2F2NO4S2. The van der Waals surface area contributed by atoms with Gasteiger partial charge in [-0.3, -0.25) is 0 Å². The van der Waals surface area contributed by atoms with Crippen molar-refractivity contribution in [1.82, 2.24) is 4.72 Å². The fraction of sp³-hybridized carbons (Fsp3) is 0.400. The second kappa shape index (κ2) is 11.0. The molecular weight excluding hydrogens is 491 g/mol. The summed E-state index contributed by atoms with van der Waals surface area (Å²) in [4.78, 5) is -0.0971. The van der Waals surface area contributed by atoms with Crippen molar-refractivity contribution in [3.8, 4) is 0 Å². The standard InChI is InChI=1S/C20H23Cl2F2NO4S2/c1-14(9-11-25-30(26,27)12-2-10-21)20(18-13-16(23)5-8-19(18)24)31(28,29)17-6-3-15(22)4-7-17/h3-8,13-14,20,25H,2,9-12H2,1H3. The molecule has 5 nitrogen and oxygen atoms in total. The first kappa shape index (κ1) is 26.0. The maximum atomic E-state index is 14.6. The molecule has 31 heavy (non-hydrogen) atoms. The lowest BCUT2D eigenvalue weighted by atomic mass is 9.97. The number of sulfone groups is 1. The molecule has 11 heteroatoms. The van der Waals surface area contributed by atoms with Gasteiger partial charge in [-0.25, -0.2) is 30.3 Å². The highest BCUT2D eigenvalue weighted by Crippen LogP contribution is 2.38. The average Bonchev–Trinajstić information content (AvgIpc) is 2.69. The molecule has 0 amide bonds. The van der Waals surface area contributed by atoms with Crippen LogP contribution >= 0.6 is 23.2 Å². The Morgan fingerprint density at radius 1 is 1.03 bits per heavy atom. The minimum absolute atomic E-state index is 0.0602. The lowest BCUT2D eigenvalue weighted by Gasteiger charge is -2.25. The maximum absolute atomic E-state index is 14.6. The van der Waals surface area contributed by atoms with Crippen LogP contribution in [0.3, 0.4) is 0 Å². The predicted molar refractivity (Wildman–Crippen MR) is 119 cm³/mol. The summed E-state index contributed by atoms with van der Waals surface area (Å²) in [6.07, 6.45) is 0.349. The molecule has 2 unspecified atom stereocenters. The van der Waals surface area contributed by atoms with E-state index in [2.05, 4.69) is 4.72 Å². The third kappa shape index (κ3) is 7.12. The molecule has 2 aromatic carbocycles. The van der Waals surface area contributed by atoms with E-state index >= 15 is 0 Å². The van der Waals surface area contributed by atoms with E-state index in [-0.39, 0.29) is 41.5 Å². The largest absolute Gasteiger partial charge is 0.223 e. The lowest BCUT2D eigenvalue weighted by molar-refractivity contribution is 0.465. The summed E-state index contributed by atoms with van der Waals surface area (Å²) in [6.45, 7) is 1.49. The Morgan fingerprint density at radius 3 is 2.29 bits per heavy atom. The topological polar surface area (TPSA) is 80.3 Å². The van der Waals surface area contributed by atoms with Gasteiger partial charge < -0.3 is 0 Å². The summed E-state index contributed by atoms with van der Waals surface area (Å²) >= 11 is 11.4. The summed E-state index contributed by atoms with van der Waals surface area (Å²) in [7, 11) is -7.72. The molecule has 2 atom stereocenters. The molecule has 2 aromatic rings. The smallest absolute Gasteiger partial charge is 0.211 e.